The van der Waals surface area contributed by atoms with Crippen LogP contribution >= 0.6 is 0 Å². The summed E-state index contributed by atoms with van der Waals surface area (Å²) in [5, 5.41) is 12.8. The summed E-state index contributed by atoms with van der Waals surface area (Å²) in [4.78, 5) is 2.68. The summed E-state index contributed by atoms with van der Waals surface area (Å²) in [7, 11) is 0. The van der Waals surface area contributed by atoms with E-state index in [0.717, 1.165) is 18.3 Å². The van der Waals surface area contributed by atoms with Crippen LogP contribution in [0.25, 0.3) is 0 Å². The average Bonchev–Trinajstić information content (AvgIpc) is 2.87. The molecule has 0 spiro atoms. The molecule has 0 aromatic rings. The van der Waals surface area contributed by atoms with Gasteiger partial charge in [-0.1, -0.05) is 33.6 Å². The van der Waals surface area contributed by atoms with Crippen LogP contribution in [0.4, 0.5) is 0 Å². The second-order valence-corrected chi connectivity index (χ2v) is 8.12. The van der Waals surface area contributed by atoms with Gasteiger partial charge in [0.05, 0.1) is 0 Å². The average molecular weight is 296 g/mol. The molecule has 124 valence electrons. The fourth-order valence-electron chi connectivity index (χ4n) is 4.13. The van der Waals surface area contributed by atoms with Crippen molar-refractivity contribution >= 4 is 0 Å². The lowest BCUT2D eigenvalue weighted by atomic mass is 9.70. The van der Waals surface area contributed by atoms with E-state index in [1.54, 1.807) is 0 Å². The van der Waals surface area contributed by atoms with Crippen molar-refractivity contribution in [3.05, 3.63) is 0 Å². The normalized spacial score (nSPS) is 34.7. The first-order valence-corrected chi connectivity index (χ1v) is 9.09. The maximum Gasteiger partial charge on any atom is 0.0434 e. The number of rotatable bonds is 7. The Morgan fingerprint density at radius 2 is 1.95 bits per heavy atom. The maximum absolute atomic E-state index is 9.13. The third kappa shape index (κ3) is 5.22. The molecule has 1 saturated heterocycles. The molecule has 1 saturated carbocycles. The van der Waals surface area contributed by atoms with Gasteiger partial charge < -0.3 is 15.3 Å². The molecule has 0 amide bonds. The predicted octanol–water partition coefficient (Wildman–Crippen LogP) is 2.89. The SMILES string of the molecule is CC1CCC(CNC(C)C)(CN2CCC(CCO)C2)CC1. The molecule has 0 aromatic heterocycles. The van der Waals surface area contributed by atoms with Crippen LogP contribution in [0.5, 0.6) is 0 Å². The van der Waals surface area contributed by atoms with E-state index in [1.807, 2.05) is 0 Å². The predicted molar refractivity (Wildman–Crippen MR) is 89.5 cm³/mol. The molecule has 1 atom stereocenters. The highest BCUT2D eigenvalue weighted by Crippen LogP contribution is 2.40. The van der Waals surface area contributed by atoms with Crippen LogP contribution in [-0.4, -0.2) is 48.8 Å². The molecular formula is C18H36N2O. The van der Waals surface area contributed by atoms with Crippen LogP contribution in [0.1, 0.15) is 59.3 Å². The Hall–Kier alpha value is -0.120. The van der Waals surface area contributed by atoms with Crippen molar-refractivity contribution in [1.82, 2.24) is 10.2 Å². The molecule has 0 aromatic carbocycles. The molecule has 0 bridgehead atoms. The van der Waals surface area contributed by atoms with Gasteiger partial charge in [0.2, 0.25) is 0 Å². The number of hydrogen-bond donors (Lipinski definition) is 2. The maximum atomic E-state index is 9.13. The minimum atomic E-state index is 0.357. The highest BCUT2D eigenvalue weighted by Gasteiger charge is 2.37. The van der Waals surface area contributed by atoms with Crippen molar-refractivity contribution in [2.24, 2.45) is 17.3 Å². The minimum absolute atomic E-state index is 0.357. The van der Waals surface area contributed by atoms with Gasteiger partial charge >= 0.3 is 0 Å². The molecule has 2 N–H and O–H groups in total. The fourth-order valence-corrected chi connectivity index (χ4v) is 4.13. The molecule has 21 heavy (non-hydrogen) atoms. The number of likely N-dealkylation sites (tertiary alicyclic amines) is 1. The lowest BCUT2D eigenvalue weighted by molar-refractivity contribution is 0.0934. The summed E-state index contributed by atoms with van der Waals surface area (Å²) in [6.07, 6.45) is 7.83. The number of aliphatic hydroxyl groups excluding tert-OH is 1. The molecule has 1 aliphatic heterocycles. The van der Waals surface area contributed by atoms with E-state index in [4.69, 9.17) is 5.11 Å². The van der Waals surface area contributed by atoms with E-state index in [9.17, 15) is 0 Å². The molecule has 2 rings (SSSR count). The highest BCUT2D eigenvalue weighted by molar-refractivity contribution is 4.91. The summed E-state index contributed by atoms with van der Waals surface area (Å²) >= 11 is 0. The fraction of sp³-hybridized carbons (Fsp3) is 1.00. The third-order valence-electron chi connectivity index (χ3n) is 5.69. The lowest BCUT2D eigenvalue weighted by Gasteiger charge is -2.42. The first-order valence-electron chi connectivity index (χ1n) is 9.09. The quantitative estimate of drug-likeness (QED) is 0.758. The summed E-state index contributed by atoms with van der Waals surface area (Å²) in [5.41, 5.74) is 0.491. The molecule has 3 heteroatoms. The first-order chi connectivity index (χ1) is 10.0. The van der Waals surface area contributed by atoms with Crippen LogP contribution < -0.4 is 5.32 Å². The van der Waals surface area contributed by atoms with Crippen LogP contribution in [-0.2, 0) is 0 Å². The number of aliphatic hydroxyl groups is 1. The van der Waals surface area contributed by atoms with Gasteiger partial charge in [0, 0.05) is 32.3 Å². The summed E-state index contributed by atoms with van der Waals surface area (Å²) in [6.45, 7) is 12.2. The molecule has 2 aliphatic rings. The van der Waals surface area contributed by atoms with Crippen LogP contribution in [0.3, 0.4) is 0 Å². The molecular weight excluding hydrogens is 260 g/mol. The van der Waals surface area contributed by atoms with Gasteiger partial charge in [-0.05, 0) is 49.5 Å². The van der Waals surface area contributed by atoms with E-state index in [1.165, 1.54) is 58.3 Å². The van der Waals surface area contributed by atoms with Gasteiger partial charge in [0.1, 0.15) is 0 Å². The van der Waals surface area contributed by atoms with Crippen LogP contribution in [0.2, 0.25) is 0 Å². The van der Waals surface area contributed by atoms with Crippen molar-refractivity contribution < 1.29 is 5.11 Å². The molecule has 3 nitrogen and oxygen atoms in total. The Morgan fingerprint density at radius 1 is 1.24 bits per heavy atom. The second-order valence-electron chi connectivity index (χ2n) is 8.12. The summed E-state index contributed by atoms with van der Waals surface area (Å²) in [6, 6.07) is 0.585. The molecule has 1 unspecified atom stereocenters. The summed E-state index contributed by atoms with van der Waals surface area (Å²) < 4.78 is 0. The zero-order chi connectivity index (χ0) is 15.3. The van der Waals surface area contributed by atoms with Crippen molar-refractivity contribution in [3.63, 3.8) is 0 Å². The molecule has 1 heterocycles. The van der Waals surface area contributed by atoms with Crippen molar-refractivity contribution in [1.29, 1.82) is 0 Å². The Morgan fingerprint density at radius 3 is 2.57 bits per heavy atom. The van der Waals surface area contributed by atoms with Gasteiger partial charge in [-0.15, -0.1) is 0 Å². The Balaban J connectivity index is 1.90. The largest absolute Gasteiger partial charge is 0.396 e. The zero-order valence-electron chi connectivity index (χ0n) is 14.4. The zero-order valence-corrected chi connectivity index (χ0v) is 14.4. The topological polar surface area (TPSA) is 35.5 Å². The number of nitrogens with zero attached hydrogens (tertiary/aromatic N) is 1. The molecule has 1 aliphatic carbocycles. The van der Waals surface area contributed by atoms with E-state index in [0.29, 0.717) is 18.1 Å². The van der Waals surface area contributed by atoms with E-state index in [2.05, 4.69) is 31.0 Å². The Bertz CT molecular complexity index is 298. The van der Waals surface area contributed by atoms with Crippen LogP contribution in [0.15, 0.2) is 0 Å². The minimum Gasteiger partial charge on any atom is -0.396 e. The number of hydrogen-bond acceptors (Lipinski definition) is 3. The van der Waals surface area contributed by atoms with Crippen molar-refractivity contribution in [2.75, 3.05) is 32.8 Å². The van der Waals surface area contributed by atoms with Gasteiger partial charge in [0.15, 0.2) is 0 Å². The second kappa shape index (κ2) is 7.94. The van der Waals surface area contributed by atoms with E-state index in [-0.39, 0.29) is 0 Å². The van der Waals surface area contributed by atoms with Crippen molar-refractivity contribution in [3.8, 4) is 0 Å². The lowest BCUT2D eigenvalue weighted by Crippen LogP contribution is -2.47. The van der Waals surface area contributed by atoms with Gasteiger partial charge in [-0.3, -0.25) is 0 Å². The smallest absolute Gasteiger partial charge is 0.0434 e. The van der Waals surface area contributed by atoms with Gasteiger partial charge in [0.25, 0.3) is 0 Å². The van der Waals surface area contributed by atoms with E-state index >= 15 is 0 Å². The standard InChI is InChI=1S/C18H36N2O/c1-15(2)19-13-18(8-4-16(3)5-9-18)14-20-10-6-17(12-20)7-11-21/h15-17,19,21H,4-14H2,1-3H3. The van der Waals surface area contributed by atoms with E-state index < -0.39 is 0 Å². The summed E-state index contributed by atoms with van der Waals surface area (Å²) in [5.74, 6) is 1.64. The first kappa shape index (κ1) is 17.2. The number of nitrogens with one attached hydrogen (secondary N) is 1. The Kier molecular flexibility index (Phi) is 6.51. The van der Waals surface area contributed by atoms with Crippen LogP contribution in [0, 0.1) is 17.3 Å². The monoisotopic (exact) mass is 296 g/mol. The van der Waals surface area contributed by atoms with Crippen molar-refractivity contribution in [2.45, 2.75) is 65.3 Å². The third-order valence-corrected chi connectivity index (χ3v) is 5.69. The Labute approximate surface area is 131 Å². The molecule has 2 fully saturated rings. The molecule has 0 radical (unpaired) electrons. The van der Waals surface area contributed by atoms with Gasteiger partial charge in [-0.2, -0.15) is 0 Å². The van der Waals surface area contributed by atoms with Gasteiger partial charge in [-0.25, -0.2) is 0 Å². The highest BCUT2D eigenvalue weighted by atomic mass is 16.3.